The molecule has 6 nitrogen and oxygen atoms in total. The lowest BCUT2D eigenvalue weighted by Crippen LogP contribution is -2.61. The van der Waals surface area contributed by atoms with Crippen LogP contribution in [0.15, 0.2) is 78.4 Å². The fraction of sp³-hybridized carbons (Fsp3) is 0.333. The predicted octanol–water partition coefficient (Wildman–Crippen LogP) is 5.66. The molecular weight excluding hydrogens is 557 g/mol. The van der Waals surface area contributed by atoms with E-state index in [0.29, 0.717) is 54.9 Å². The molecular formula is C33H35Cl2N3O3. The van der Waals surface area contributed by atoms with Gasteiger partial charge in [0.1, 0.15) is 5.75 Å². The molecule has 2 amide bonds. The van der Waals surface area contributed by atoms with Crippen LogP contribution in [-0.4, -0.2) is 67.0 Å². The van der Waals surface area contributed by atoms with Crippen molar-refractivity contribution in [3.8, 4) is 5.75 Å². The van der Waals surface area contributed by atoms with Gasteiger partial charge in [0.15, 0.2) is 0 Å². The lowest BCUT2D eigenvalue weighted by Gasteiger charge is -2.44. The fourth-order valence-corrected chi connectivity index (χ4v) is 6.08. The summed E-state index contributed by atoms with van der Waals surface area (Å²) in [5.74, 6) is 0.661. The summed E-state index contributed by atoms with van der Waals surface area (Å²) in [6.45, 7) is 3.83. The molecule has 8 heteroatoms. The number of likely N-dealkylation sites (N-methyl/N-ethyl adjacent to an activating group) is 1. The van der Waals surface area contributed by atoms with Crippen LogP contribution < -0.4 is 10.1 Å². The van der Waals surface area contributed by atoms with Gasteiger partial charge in [0.2, 0.25) is 5.91 Å². The van der Waals surface area contributed by atoms with Crippen molar-refractivity contribution < 1.29 is 14.3 Å². The Balaban J connectivity index is 1.34. The molecule has 5 rings (SSSR count). The van der Waals surface area contributed by atoms with E-state index in [1.807, 2.05) is 35.0 Å². The Labute approximate surface area is 251 Å². The van der Waals surface area contributed by atoms with Gasteiger partial charge in [-0.25, -0.2) is 0 Å². The topological polar surface area (TPSA) is 61.9 Å². The third-order valence-corrected chi connectivity index (χ3v) is 8.38. The summed E-state index contributed by atoms with van der Waals surface area (Å²) in [6.07, 6.45) is 2.18. The van der Waals surface area contributed by atoms with E-state index in [2.05, 4.69) is 41.7 Å². The SMILES string of the molecule is CC(=O)N1CC2CC(c3ccc(CCOc4ccc(Cl)cc4Cl)cc3)=C(C(=O)N(C)CCc3ccccc3)C(C1)N2. The van der Waals surface area contributed by atoms with Gasteiger partial charge in [0, 0.05) is 56.7 Å². The highest BCUT2D eigenvalue weighted by Gasteiger charge is 2.39. The second-order valence-electron chi connectivity index (χ2n) is 10.8. The molecule has 3 aromatic carbocycles. The van der Waals surface area contributed by atoms with Crippen molar-refractivity contribution in [2.75, 3.05) is 33.3 Å². The van der Waals surface area contributed by atoms with Crippen molar-refractivity contribution in [3.05, 3.63) is 105 Å². The molecule has 0 aliphatic carbocycles. The number of nitrogens with one attached hydrogen (secondary N) is 1. The van der Waals surface area contributed by atoms with Gasteiger partial charge in [-0.3, -0.25) is 9.59 Å². The number of nitrogens with zero attached hydrogens (tertiary/aromatic N) is 2. The van der Waals surface area contributed by atoms with Gasteiger partial charge in [-0.2, -0.15) is 0 Å². The molecule has 0 radical (unpaired) electrons. The molecule has 2 aliphatic rings. The zero-order valence-corrected chi connectivity index (χ0v) is 24.9. The Kier molecular flexibility index (Phi) is 9.33. The quantitative estimate of drug-likeness (QED) is 0.349. The van der Waals surface area contributed by atoms with E-state index in [9.17, 15) is 9.59 Å². The number of carbonyl (C=O) groups excluding carboxylic acids is 2. The lowest BCUT2D eigenvalue weighted by atomic mass is 9.82. The van der Waals surface area contributed by atoms with Crippen molar-refractivity contribution >= 4 is 40.6 Å². The van der Waals surface area contributed by atoms with Crippen molar-refractivity contribution in [1.82, 2.24) is 15.1 Å². The standard InChI is InChI=1S/C33H35Cl2N3O3/c1-22(39)38-20-27-19-28(25-10-8-24(9-11-25)15-17-41-31-13-12-26(34)18-29(31)35)32(30(21-38)36-27)33(40)37(2)16-14-23-6-4-3-5-7-23/h3-13,18,27,30,36H,14-17,19-21H2,1-2H3. The molecule has 2 aliphatic heterocycles. The van der Waals surface area contributed by atoms with E-state index in [0.717, 1.165) is 28.7 Å². The van der Waals surface area contributed by atoms with E-state index in [1.165, 1.54) is 5.56 Å². The lowest BCUT2D eigenvalue weighted by molar-refractivity contribution is -0.132. The molecule has 0 aromatic heterocycles. The van der Waals surface area contributed by atoms with E-state index in [4.69, 9.17) is 27.9 Å². The molecule has 2 bridgehead atoms. The Morgan fingerprint density at radius 2 is 1.71 bits per heavy atom. The number of ether oxygens (including phenoxy) is 1. The van der Waals surface area contributed by atoms with Crippen LogP contribution in [-0.2, 0) is 22.4 Å². The first-order valence-corrected chi connectivity index (χ1v) is 14.7. The molecule has 3 aromatic rings. The van der Waals surface area contributed by atoms with Gasteiger partial charge in [-0.15, -0.1) is 0 Å². The monoisotopic (exact) mass is 591 g/mol. The number of hydrogen-bond acceptors (Lipinski definition) is 4. The number of carbonyl (C=O) groups is 2. The van der Waals surface area contributed by atoms with E-state index in [1.54, 1.807) is 25.1 Å². The molecule has 2 atom stereocenters. The maximum Gasteiger partial charge on any atom is 0.251 e. The molecule has 1 N–H and O–H groups in total. The normalized spacial score (nSPS) is 18.3. The molecule has 1 fully saturated rings. The number of halogens is 2. The zero-order chi connectivity index (χ0) is 28.9. The summed E-state index contributed by atoms with van der Waals surface area (Å²) < 4.78 is 5.86. The van der Waals surface area contributed by atoms with Crippen LogP contribution >= 0.6 is 23.2 Å². The minimum atomic E-state index is -0.203. The second kappa shape index (κ2) is 13.1. The Morgan fingerprint density at radius 3 is 2.41 bits per heavy atom. The Bertz CT molecular complexity index is 1430. The van der Waals surface area contributed by atoms with Gasteiger partial charge in [-0.1, -0.05) is 77.8 Å². The molecule has 1 saturated heterocycles. The molecule has 0 saturated carbocycles. The van der Waals surface area contributed by atoms with Gasteiger partial charge in [-0.05, 0) is 53.3 Å². The molecule has 41 heavy (non-hydrogen) atoms. The van der Waals surface area contributed by atoms with E-state index >= 15 is 0 Å². The largest absolute Gasteiger partial charge is 0.492 e. The number of hydrogen-bond donors (Lipinski definition) is 1. The van der Waals surface area contributed by atoms with Gasteiger partial charge >= 0.3 is 0 Å². The highest BCUT2D eigenvalue weighted by Crippen LogP contribution is 2.34. The number of benzene rings is 3. The van der Waals surface area contributed by atoms with Crippen molar-refractivity contribution in [1.29, 1.82) is 0 Å². The predicted molar refractivity (Wildman–Crippen MR) is 164 cm³/mol. The summed E-state index contributed by atoms with van der Waals surface area (Å²) in [7, 11) is 1.86. The summed E-state index contributed by atoms with van der Waals surface area (Å²) in [5, 5.41) is 4.69. The van der Waals surface area contributed by atoms with Crippen LogP contribution in [0, 0.1) is 0 Å². The first-order chi connectivity index (χ1) is 19.8. The highest BCUT2D eigenvalue weighted by atomic mass is 35.5. The van der Waals surface area contributed by atoms with Crippen molar-refractivity contribution in [2.45, 2.75) is 38.3 Å². The van der Waals surface area contributed by atoms with Gasteiger partial charge in [0.05, 0.1) is 17.7 Å². The Morgan fingerprint density at radius 1 is 0.976 bits per heavy atom. The maximum absolute atomic E-state index is 14.0. The van der Waals surface area contributed by atoms with Crippen molar-refractivity contribution in [3.63, 3.8) is 0 Å². The summed E-state index contributed by atoms with van der Waals surface area (Å²) in [4.78, 5) is 29.9. The highest BCUT2D eigenvalue weighted by molar-refractivity contribution is 6.35. The van der Waals surface area contributed by atoms with Crippen LogP contribution in [0.5, 0.6) is 5.75 Å². The molecule has 2 heterocycles. The first-order valence-electron chi connectivity index (χ1n) is 14.0. The second-order valence-corrected chi connectivity index (χ2v) is 11.6. The molecule has 2 unspecified atom stereocenters. The smallest absolute Gasteiger partial charge is 0.251 e. The van der Waals surface area contributed by atoms with E-state index in [-0.39, 0.29) is 23.9 Å². The molecule has 214 valence electrons. The molecule has 0 spiro atoms. The first kappa shape index (κ1) is 29.2. The van der Waals surface area contributed by atoms with Gasteiger partial charge in [0.25, 0.3) is 5.91 Å². The summed E-state index contributed by atoms with van der Waals surface area (Å²) in [5.41, 5.74) is 5.19. The van der Waals surface area contributed by atoms with Crippen LogP contribution in [0.1, 0.15) is 30.0 Å². The van der Waals surface area contributed by atoms with E-state index < -0.39 is 0 Å². The van der Waals surface area contributed by atoms with Crippen LogP contribution in [0.3, 0.4) is 0 Å². The van der Waals surface area contributed by atoms with Crippen LogP contribution in [0.2, 0.25) is 10.0 Å². The number of fused-ring (bicyclic) bond motifs is 2. The van der Waals surface area contributed by atoms with Gasteiger partial charge < -0.3 is 19.9 Å². The fourth-order valence-electron chi connectivity index (χ4n) is 5.62. The average molecular weight is 593 g/mol. The average Bonchev–Trinajstić information content (AvgIpc) is 2.97. The third kappa shape index (κ3) is 7.13. The van der Waals surface area contributed by atoms with Crippen molar-refractivity contribution in [2.24, 2.45) is 0 Å². The van der Waals surface area contributed by atoms with Crippen LogP contribution in [0.4, 0.5) is 0 Å². The minimum Gasteiger partial charge on any atom is -0.492 e. The third-order valence-electron chi connectivity index (χ3n) is 7.85. The maximum atomic E-state index is 14.0. The number of amides is 2. The van der Waals surface area contributed by atoms with Crippen LogP contribution in [0.25, 0.3) is 5.57 Å². The summed E-state index contributed by atoms with van der Waals surface area (Å²) >= 11 is 12.2. The Hall–Kier alpha value is -3.32. The summed E-state index contributed by atoms with van der Waals surface area (Å²) in [6, 6.07) is 23.7. The number of rotatable bonds is 9. The zero-order valence-electron chi connectivity index (χ0n) is 23.4. The number of piperazine rings is 1. The minimum absolute atomic E-state index is 0.00889.